The second kappa shape index (κ2) is 4.39. The minimum absolute atomic E-state index is 0.185. The lowest BCUT2D eigenvalue weighted by Gasteiger charge is -2.10. The number of fused-ring (bicyclic) bond motifs is 1. The molecule has 0 saturated heterocycles. The van der Waals surface area contributed by atoms with Gasteiger partial charge >= 0.3 is 0 Å². The number of aromatic nitrogens is 1. The Morgan fingerprint density at radius 3 is 2.62 bits per heavy atom. The number of rotatable bonds is 3. The lowest BCUT2D eigenvalue weighted by atomic mass is 10.2. The molecular weight excluding hydrogens is 200 g/mol. The van der Waals surface area contributed by atoms with Crippen LogP contribution in [0.25, 0.3) is 10.9 Å². The monoisotopic (exact) mass is 216 g/mol. The fraction of sp³-hybridized carbons (Fsp3) is 0.308. The minimum Gasteiger partial charge on any atom is -0.491 e. The molecule has 1 N–H and O–H groups in total. The topological polar surface area (TPSA) is 34.1 Å². The van der Waals surface area contributed by atoms with Crippen LogP contribution in [0.5, 0.6) is 5.75 Å². The lowest BCUT2D eigenvalue weighted by molar-refractivity contribution is 0.242. The van der Waals surface area contributed by atoms with Gasteiger partial charge in [0.2, 0.25) is 0 Å². The van der Waals surface area contributed by atoms with Gasteiger partial charge in [-0.1, -0.05) is 0 Å². The van der Waals surface area contributed by atoms with Gasteiger partial charge in [-0.3, -0.25) is 0 Å². The van der Waals surface area contributed by atoms with Crippen LogP contribution >= 0.6 is 0 Å². The van der Waals surface area contributed by atoms with Crippen molar-refractivity contribution < 1.29 is 4.74 Å². The van der Waals surface area contributed by atoms with Crippen molar-refractivity contribution >= 4 is 16.7 Å². The third-order valence-corrected chi connectivity index (χ3v) is 2.29. The average Bonchev–Trinajstić information content (AvgIpc) is 2.27. The maximum absolute atomic E-state index is 5.64. The number of nitrogens with one attached hydrogen (secondary N) is 1. The SMILES string of the molecule is CNc1ccc2ccc(OC(C)C)cc2n1. The number of nitrogens with zero attached hydrogens (tertiary/aromatic N) is 1. The molecule has 0 amide bonds. The van der Waals surface area contributed by atoms with E-state index in [1.54, 1.807) is 0 Å². The van der Waals surface area contributed by atoms with E-state index in [1.807, 2.05) is 51.2 Å². The molecule has 0 spiro atoms. The molecular formula is C13H16N2O. The van der Waals surface area contributed by atoms with Crippen molar-refractivity contribution in [3.05, 3.63) is 30.3 Å². The third kappa shape index (κ3) is 2.24. The van der Waals surface area contributed by atoms with Crippen LogP contribution in [-0.4, -0.2) is 18.1 Å². The Kier molecular flexibility index (Phi) is 2.95. The molecule has 2 aromatic rings. The van der Waals surface area contributed by atoms with Gasteiger partial charge in [-0.2, -0.15) is 0 Å². The van der Waals surface area contributed by atoms with E-state index in [-0.39, 0.29) is 6.10 Å². The first-order valence-corrected chi connectivity index (χ1v) is 5.44. The van der Waals surface area contributed by atoms with Crippen LogP contribution in [0.3, 0.4) is 0 Å². The molecule has 1 aromatic carbocycles. The zero-order valence-electron chi connectivity index (χ0n) is 9.82. The summed E-state index contributed by atoms with van der Waals surface area (Å²) in [5.41, 5.74) is 0.949. The molecule has 0 radical (unpaired) electrons. The van der Waals surface area contributed by atoms with Crippen molar-refractivity contribution in [1.29, 1.82) is 0 Å². The normalized spacial score (nSPS) is 10.8. The molecule has 0 bridgehead atoms. The molecule has 16 heavy (non-hydrogen) atoms. The van der Waals surface area contributed by atoms with Crippen LogP contribution in [0.1, 0.15) is 13.8 Å². The largest absolute Gasteiger partial charge is 0.491 e. The van der Waals surface area contributed by atoms with Gasteiger partial charge in [-0.05, 0) is 38.1 Å². The molecule has 0 aliphatic rings. The number of ether oxygens (including phenoxy) is 1. The molecule has 1 heterocycles. The molecule has 0 fully saturated rings. The van der Waals surface area contributed by atoms with Crippen LogP contribution in [-0.2, 0) is 0 Å². The third-order valence-electron chi connectivity index (χ3n) is 2.29. The number of benzene rings is 1. The highest BCUT2D eigenvalue weighted by Crippen LogP contribution is 2.21. The first-order valence-electron chi connectivity index (χ1n) is 5.44. The van der Waals surface area contributed by atoms with Crippen molar-refractivity contribution in [2.24, 2.45) is 0 Å². The van der Waals surface area contributed by atoms with Gasteiger partial charge < -0.3 is 10.1 Å². The Morgan fingerprint density at radius 2 is 1.94 bits per heavy atom. The zero-order valence-corrected chi connectivity index (χ0v) is 9.82. The van der Waals surface area contributed by atoms with Crippen molar-refractivity contribution in [2.75, 3.05) is 12.4 Å². The summed E-state index contributed by atoms with van der Waals surface area (Å²) < 4.78 is 5.64. The molecule has 1 aromatic heterocycles. The smallest absolute Gasteiger partial charge is 0.126 e. The predicted octanol–water partition coefficient (Wildman–Crippen LogP) is 3.06. The van der Waals surface area contributed by atoms with Gasteiger partial charge in [-0.25, -0.2) is 4.98 Å². The Balaban J connectivity index is 2.42. The molecule has 0 aliphatic carbocycles. The van der Waals surface area contributed by atoms with E-state index in [1.165, 1.54) is 0 Å². The van der Waals surface area contributed by atoms with Gasteiger partial charge in [-0.15, -0.1) is 0 Å². The Hall–Kier alpha value is -1.77. The lowest BCUT2D eigenvalue weighted by Crippen LogP contribution is -2.05. The molecule has 0 unspecified atom stereocenters. The summed E-state index contributed by atoms with van der Waals surface area (Å²) >= 11 is 0. The van der Waals surface area contributed by atoms with E-state index in [9.17, 15) is 0 Å². The standard InChI is InChI=1S/C13H16N2O/c1-9(2)16-11-6-4-10-5-7-13(14-3)15-12(10)8-11/h4-9H,1-3H3,(H,14,15). The molecule has 3 heteroatoms. The first-order chi connectivity index (χ1) is 7.69. The molecule has 2 rings (SSSR count). The number of pyridine rings is 1. The van der Waals surface area contributed by atoms with Gasteiger partial charge in [0.25, 0.3) is 0 Å². The number of hydrogen-bond acceptors (Lipinski definition) is 3. The number of hydrogen-bond donors (Lipinski definition) is 1. The molecule has 0 aliphatic heterocycles. The van der Waals surface area contributed by atoms with Gasteiger partial charge in [0.1, 0.15) is 11.6 Å². The van der Waals surface area contributed by atoms with Crippen molar-refractivity contribution in [3.63, 3.8) is 0 Å². The van der Waals surface area contributed by atoms with Gasteiger partial charge in [0, 0.05) is 18.5 Å². The second-order valence-corrected chi connectivity index (χ2v) is 3.97. The Labute approximate surface area is 95.5 Å². The van der Waals surface area contributed by atoms with E-state index >= 15 is 0 Å². The van der Waals surface area contributed by atoms with Crippen molar-refractivity contribution in [1.82, 2.24) is 4.98 Å². The fourth-order valence-corrected chi connectivity index (χ4v) is 1.58. The van der Waals surface area contributed by atoms with Crippen LogP contribution in [0, 0.1) is 0 Å². The van der Waals surface area contributed by atoms with Gasteiger partial charge in [0.15, 0.2) is 0 Å². The van der Waals surface area contributed by atoms with Crippen LogP contribution in [0.4, 0.5) is 5.82 Å². The summed E-state index contributed by atoms with van der Waals surface area (Å²) in [4.78, 5) is 4.47. The van der Waals surface area contributed by atoms with Gasteiger partial charge in [0.05, 0.1) is 11.6 Å². The fourth-order valence-electron chi connectivity index (χ4n) is 1.58. The Morgan fingerprint density at radius 1 is 1.19 bits per heavy atom. The maximum Gasteiger partial charge on any atom is 0.126 e. The highest BCUT2D eigenvalue weighted by atomic mass is 16.5. The summed E-state index contributed by atoms with van der Waals surface area (Å²) in [5.74, 6) is 1.73. The number of anilines is 1. The van der Waals surface area contributed by atoms with E-state index in [4.69, 9.17) is 4.74 Å². The van der Waals surface area contributed by atoms with Crippen molar-refractivity contribution in [2.45, 2.75) is 20.0 Å². The van der Waals surface area contributed by atoms with Crippen LogP contribution in [0.15, 0.2) is 30.3 Å². The predicted molar refractivity (Wildman–Crippen MR) is 67.1 cm³/mol. The highest BCUT2D eigenvalue weighted by molar-refractivity contribution is 5.81. The van der Waals surface area contributed by atoms with Crippen LogP contribution < -0.4 is 10.1 Å². The maximum atomic E-state index is 5.64. The quantitative estimate of drug-likeness (QED) is 0.856. The van der Waals surface area contributed by atoms with E-state index in [2.05, 4.69) is 10.3 Å². The zero-order chi connectivity index (χ0) is 11.5. The second-order valence-electron chi connectivity index (χ2n) is 3.97. The first kappa shape index (κ1) is 10.7. The molecule has 0 atom stereocenters. The Bertz CT molecular complexity index is 494. The van der Waals surface area contributed by atoms with Crippen LogP contribution in [0.2, 0.25) is 0 Å². The van der Waals surface area contributed by atoms with E-state index in [0.717, 1.165) is 22.5 Å². The highest BCUT2D eigenvalue weighted by Gasteiger charge is 2.01. The molecule has 84 valence electrons. The average molecular weight is 216 g/mol. The molecule has 0 saturated carbocycles. The molecule has 3 nitrogen and oxygen atoms in total. The summed E-state index contributed by atoms with van der Waals surface area (Å²) in [6, 6.07) is 9.98. The van der Waals surface area contributed by atoms with Crippen molar-refractivity contribution in [3.8, 4) is 5.75 Å². The van der Waals surface area contributed by atoms with E-state index < -0.39 is 0 Å². The summed E-state index contributed by atoms with van der Waals surface area (Å²) in [7, 11) is 1.86. The summed E-state index contributed by atoms with van der Waals surface area (Å²) in [6.45, 7) is 4.03. The summed E-state index contributed by atoms with van der Waals surface area (Å²) in [5, 5.41) is 4.15. The van der Waals surface area contributed by atoms with E-state index in [0.29, 0.717) is 0 Å². The minimum atomic E-state index is 0.185. The summed E-state index contributed by atoms with van der Waals surface area (Å²) in [6.07, 6.45) is 0.185.